The first-order chi connectivity index (χ1) is 10.6. The van der Waals surface area contributed by atoms with Crippen LogP contribution in [-0.2, 0) is 0 Å². The Bertz CT molecular complexity index is 810. The molecule has 0 atom stereocenters. The lowest BCUT2D eigenvalue weighted by atomic mass is 10.2. The molecule has 110 valence electrons. The van der Waals surface area contributed by atoms with E-state index in [1.807, 2.05) is 48.5 Å². The maximum Gasteiger partial charge on any atom is 0.293 e. The van der Waals surface area contributed by atoms with Crippen LogP contribution in [0.5, 0.6) is 0 Å². The largest absolute Gasteiger partial charge is 0.451 e. The Morgan fingerprint density at radius 3 is 2.55 bits per heavy atom. The first-order valence-corrected chi connectivity index (χ1v) is 7.68. The van der Waals surface area contributed by atoms with Crippen LogP contribution in [0.1, 0.15) is 10.6 Å². The highest BCUT2D eigenvalue weighted by Gasteiger charge is 2.13. The Labute approximate surface area is 140 Å². The molecule has 2 N–H and O–H groups in total. The Hall–Kier alpha value is -2.18. The van der Waals surface area contributed by atoms with E-state index in [-0.39, 0.29) is 16.8 Å². The second kappa shape index (κ2) is 6.29. The van der Waals surface area contributed by atoms with Gasteiger partial charge in [0.15, 0.2) is 10.9 Å². The van der Waals surface area contributed by atoms with Gasteiger partial charge >= 0.3 is 0 Å². The highest BCUT2D eigenvalue weighted by atomic mass is 79.9. The van der Waals surface area contributed by atoms with Crippen molar-refractivity contribution in [2.24, 2.45) is 0 Å². The van der Waals surface area contributed by atoms with Gasteiger partial charge in [-0.15, -0.1) is 0 Å². The molecule has 22 heavy (non-hydrogen) atoms. The highest BCUT2D eigenvalue weighted by Crippen LogP contribution is 2.18. The third-order valence-corrected chi connectivity index (χ3v) is 3.71. The van der Waals surface area contributed by atoms with Crippen LogP contribution >= 0.6 is 28.1 Å². The molecule has 0 fully saturated rings. The molecule has 0 radical (unpaired) electrons. The number of furan rings is 1. The number of rotatable bonds is 2. The lowest BCUT2D eigenvalue weighted by molar-refractivity contribution is 0.0953. The van der Waals surface area contributed by atoms with E-state index in [2.05, 4.69) is 26.6 Å². The van der Waals surface area contributed by atoms with Crippen LogP contribution in [0, 0.1) is 0 Å². The van der Waals surface area contributed by atoms with Gasteiger partial charge in [0.05, 0.1) is 0 Å². The van der Waals surface area contributed by atoms with E-state index in [1.165, 1.54) is 0 Å². The molecule has 2 aromatic carbocycles. The molecule has 1 amide bonds. The van der Waals surface area contributed by atoms with E-state index in [9.17, 15) is 4.79 Å². The summed E-state index contributed by atoms with van der Waals surface area (Å²) in [5.41, 5.74) is 1.46. The minimum atomic E-state index is -0.384. The van der Waals surface area contributed by atoms with Gasteiger partial charge in [-0.25, -0.2) is 0 Å². The third-order valence-electron chi connectivity index (χ3n) is 2.98. The number of benzene rings is 2. The van der Waals surface area contributed by atoms with E-state index in [0.29, 0.717) is 5.58 Å². The fraction of sp³-hybridized carbons (Fsp3) is 0. The zero-order valence-corrected chi connectivity index (χ0v) is 13.7. The molecule has 3 rings (SSSR count). The van der Waals surface area contributed by atoms with Gasteiger partial charge in [0.1, 0.15) is 5.58 Å². The third kappa shape index (κ3) is 3.35. The number of halogens is 1. The monoisotopic (exact) mass is 374 g/mol. The quantitative estimate of drug-likeness (QED) is 0.655. The Morgan fingerprint density at radius 1 is 1.09 bits per heavy atom. The molecule has 0 saturated heterocycles. The number of fused-ring (bicyclic) bond motifs is 1. The SMILES string of the molecule is O=C(NC(=S)Nc1ccc(Br)cc1)c1cc2ccccc2o1. The number of nitrogens with one attached hydrogen (secondary N) is 2. The number of amides is 1. The Balaban J connectivity index is 1.68. The minimum absolute atomic E-state index is 0.216. The number of hydrogen-bond acceptors (Lipinski definition) is 3. The number of hydrogen-bond donors (Lipinski definition) is 2. The molecule has 1 aromatic heterocycles. The van der Waals surface area contributed by atoms with Crippen LogP contribution < -0.4 is 10.6 Å². The summed E-state index contributed by atoms with van der Waals surface area (Å²) in [7, 11) is 0. The summed E-state index contributed by atoms with van der Waals surface area (Å²) in [5, 5.41) is 6.63. The molecular formula is C16H11BrN2O2S. The molecule has 4 nitrogen and oxygen atoms in total. The smallest absolute Gasteiger partial charge is 0.293 e. The lowest BCUT2D eigenvalue weighted by Gasteiger charge is -2.08. The van der Waals surface area contributed by atoms with Gasteiger partial charge in [-0.05, 0) is 48.6 Å². The number of anilines is 1. The predicted octanol–water partition coefficient (Wildman–Crippen LogP) is 4.32. The van der Waals surface area contributed by atoms with Crippen LogP contribution in [0.25, 0.3) is 11.0 Å². The highest BCUT2D eigenvalue weighted by molar-refractivity contribution is 9.10. The first kappa shape index (κ1) is 14.7. The summed E-state index contributed by atoms with van der Waals surface area (Å²) in [6.07, 6.45) is 0. The van der Waals surface area contributed by atoms with Crippen LogP contribution in [0.4, 0.5) is 5.69 Å². The average Bonchev–Trinajstić information content (AvgIpc) is 2.93. The molecule has 6 heteroatoms. The maximum atomic E-state index is 12.1. The van der Waals surface area contributed by atoms with E-state index in [0.717, 1.165) is 15.5 Å². The summed E-state index contributed by atoms with van der Waals surface area (Å²) >= 11 is 8.49. The van der Waals surface area contributed by atoms with Crippen molar-refractivity contribution in [3.8, 4) is 0 Å². The van der Waals surface area contributed by atoms with Gasteiger partial charge in [0.2, 0.25) is 0 Å². The molecule has 0 spiro atoms. The van der Waals surface area contributed by atoms with Gasteiger partial charge < -0.3 is 9.73 Å². The second-order valence-electron chi connectivity index (χ2n) is 4.56. The van der Waals surface area contributed by atoms with Crippen LogP contribution in [0.2, 0.25) is 0 Å². The van der Waals surface area contributed by atoms with E-state index in [4.69, 9.17) is 16.6 Å². The number of carbonyl (C=O) groups is 1. The van der Waals surface area contributed by atoms with Gasteiger partial charge in [-0.2, -0.15) is 0 Å². The van der Waals surface area contributed by atoms with Gasteiger partial charge in [-0.1, -0.05) is 34.1 Å². The van der Waals surface area contributed by atoms with Crippen LogP contribution in [0.15, 0.2) is 63.5 Å². The molecule has 0 aliphatic carbocycles. The normalized spacial score (nSPS) is 10.4. The lowest BCUT2D eigenvalue weighted by Crippen LogP contribution is -2.33. The summed E-state index contributed by atoms with van der Waals surface area (Å²) in [4.78, 5) is 12.1. The summed E-state index contributed by atoms with van der Waals surface area (Å²) in [6, 6.07) is 16.6. The second-order valence-corrected chi connectivity index (χ2v) is 5.89. The van der Waals surface area contributed by atoms with Crippen molar-refractivity contribution in [3.63, 3.8) is 0 Å². The molecular weight excluding hydrogens is 364 g/mol. The Morgan fingerprint density at radius 2 is 1.82 bits per heavy atom. The van der Waals surface area contributed by atoms with Crippen molar-refractivity contribution in [1.82, 2.24) is 5.32 Å². The summed E-state index contributed by atoms with van der Waals surface area (Å²) in [6.45, 7) is 0. The molecule has 0 unspecified atom stereocenters. The fourth-order valence-electron chi connectivity index (χ4n) is 1.95. The number of para-hydroxylation sites is 1. The minimum Gasteiger partial charge on any atom is -0.451 e. The van der Waals surface area contributed by atoms with Crippen molar-refractivity contribution in [1.29, 1.82) is 0 Å². The van der Waals surface area contributed by atoms with Gasteiger partial charge in [0.25, 0.3) is 5.91 Å². The average molecular weight is 375 g/mol. The maximum absolute atomic E-state index is 12.1. The fourth-order valence-corrected chi connectivity index (χ4v) is 2.43. The van der Waals surface area contributed by atoms with E-state index < -0.39 is 0 Å². The molecule has 1 heterocycles. The summed E-state index contributed by atoms with van der Waals surface area (Å²) < 4.78 is 6.46. The van der Waals surface area contributed by atoms with Crippen LogP contribution in [0.3, 0.4) is 0 Å². The zero-order chi connectivity index (χ0) is 15.5. The molecule has 3 aromatic rings. The Kier molecular flexibility index (Phi) is 4.22. The number of carbonyl (C=O) groups excluding carboxylic acids is 1. The topological polar surface area (TPSA) is 54.3 Å². The predicted molar refractivity (Wildman–Crippen MR) is 94.0 cm³/mol. The van der Waals surface area contributed by atoms with Crippen LogP contribution in [-0.4, -0.2) is 11.0 Å². The van der Waals surface area contributed by atoms with Gasteiger partial charge in [-0.3, -0.25) is 10.1 Å². The standard InChI is InChI=1S/C16H11BrN2O2S/c17-11-5-7-12(8-6-11)18-16(22)19-15(20)14-9-10-3-1-2-4-13(10)21-14/h1-9H,(H2,18,19,20,22). The first-order valence-electron chi connectivity index (χ1n) is 6.48. The van der Waals surface area contributed by atoms with Crippen molar-refractivity contribution < 1.29 is 9.21 Å². The molecule has 0 bridgehead atoms. The zero-order valence-electron chi connectivity index (χ0n) is 11.3. The molecule has 0 aliphatic rings. The molecule has 0 aliphatic heterocycles. The van der Waals surface area contributed by atoms with Crippen molar-refractivity contribution >= 4 is 55.8 Å². The number of thiocarbonyl (C=S) groups is 1. The van der Waals surface area contributed by atoms with E-state index >= 15 is 0 Å². The van der Waals surface area contributed by atoms with E-state index in [1.54, 1.807) is 6.07 Å². The van der Waals surface area contributed by atoms with Crippen molar-refractivity contribution in [2.45, 2.75) is 0 Å². The summed E-state index contributed by atoms with van der Waals surface area (Å²) in [5.74, 6) is -0.160. The molecule has 0 saturated carbocycles. The van der Waals surface area contributed by atoms with Crippen molar-refractivity contribution in [3.05, 3.63) is 64.8 Å². The van der Waals surface area contributed by atoms with Gasteiger partial charge in [0, 0.05) is 15.5 Å². The van der Waals surface area contributed by atoms with Crippen molar-refractivity contribution in [2.75, 3.05) is 5.32 Å².